The number of rotatable bonds is 5. The van der Waals surface area contributed by atoms with Gasteiger partial charge in [-0.25, -0.2) is 8.42 Å². The van der Waals surface area contributed by atoms with Gasteiger partial charge in [-0.1, -0.05) is 12.1 Å². The summed E-state index contributed by atoms with van der Waals surface area (Å²) >= 11 is 1.15. The molecule has 0 radical (unpaired) electrons. The van der Waals surface area contributed by atoms with Gasteiger partial charge in [-0.3, -0.25) is 9.52 Å². The van der Waals surface area contributed by atoms with E-state index < -0.39 is 10.0 Å². The normalized spacial score (nSPS) is 17.1. The first kappa shape index (κ1) is 18.9. The molecule has 0 saturated carbocycles. The van der Waals surface area contributed by atoms with Crippen LogP contribution in [0.15, 0.2) is 46.0 Å². The van der Waals surface area contributed by atoms with Crippen molar-refractivity contribution in [1.29, 1.82) is 0 Å². The highest BCUT2D eigenvalue weighted by Gasteiger charge is 2.25. The number of hydrogen-bond acceptors (Lipinski definition) is 5. The summed E-state index contributed by atoms with van der Waals surface area (Å²) in [6.07, 6.45) is 1.79. The maximum absolute atomic E-state index is 12.7. The Morgan fingerprint density at radius 1 is 1.27 bits per heavy atom. The first-order valence-corrected chi connectivity index (χ1v) is 10.9. The molecule has 1 unspecified atom stereocenters. The molecule has 1 aliphatic rings. The van der Waals surface area contributed by atoms with Gasteiger partial charge in [0.2, 0.25) is 0 Å². The Labute approximate surface area is 158 Å². The minimum atomic E-state index is -3.62. The Hall–Kier alpha value is -1.90. The fourth-order valence-corrected chi connectivity index (χ4v) is 5.19. The number of piperidine rings is 1. The van der Waals surface area contributed by atoms with Crippen molar-refractivity contribution in [3.05, 3.63) is 47.3 Å². The van der Waals surface area contributed by atoms with Gasteiger partial charge in [0.25, 0.3) is 15.9 Å². The quantitative estimate of drug-likeness (QED) is 0.817. The summed E-state index contributed by atoms with van der Waals surface area (Å²) in [5.41, 5.74) is 6.82. The highest BCUT2D eigenvalue weighted by molar-refractivity contribution is 7.94. The number of anilines is 1. The van der Waals surface area contributed by atoms with Crippen molar-refractivity contribution in [1.82, 2.24) is 4.90 Å². The third kappa shape index (κ3) is 4.25. The van der Waals surface area contributed by atoms with Gasteiger partial charge in [-0.05, 0) is 55.3 Å². The van der Waals surface area contributed by atoms with Gasteiger partial charge in [0.1, 0.15) is 4.21 Å². The molecular weight excluding hydrogens is 370 g/mol. The van der Waals surface area contributed by atoms with E-state index in [1.54, 1.807) is 41.8 Å². The van der Waals surface area contributed by atoms with Crippen LogP contribution in [-0.4, -0.2) is 38.4 Å². The van der Waals surface area contributed by atoms with Gasteiger partial charge >= 0.3 is 0 Å². The van der Waals surface area contributed by atoms with E-state index in [2.05, 4.69) is 4.72 Å². The zero-order valence-electron chi connectivity index (χ0n) is 14.6. The molecule has 6 nitrogen and oxygen atoms in total. The standard InChI is InChI=1S/C18H23N3O3S2/c1-13(19)14-7-9-21(10-8-14)18(22)15-4-2-5-16(12-15)20-26(23,24)17-6-3-11-25-17/h2-6,11-14,20H,7-10,19H2,1H3. The Bertz CT molecular complexity index is 856. The molecule has 1 atom stereocenters. The molecule has 1 amide bonds. The molecule has 1 fully saturated rings. The van der Waals surface area contributed by atoms with Crippen molar-refractivity contribution in [2.24, 2.45) is 11.7 Å². The fraction of sp³-hybridized carbons (Fsp3) is 0.389. The highest BCUT2D eigenvalue weighted by atomic mass is 32.2. The largest absolute Gasteiger partial charge is 0.339 e. The number of sulfonamides is 1. The van der Waals surface area contributed by atoms with E-state index in [1.807, 2.05) is 11.8 Å². The van der Waals surface area contributed by atoms with E-state index in [0.717, 1.165) is 24.2 Å². The number of nitrogens with two attached hydrogens (primary N) is 1. The maximum atomic E-state index is 12.7. The van der Waals surface area contributed by atoms with Crippen LogP contribution in [0.25, 0.3) is 0 Å². The van der Waals surface area contributed by atoms with Gasteiger partial charge < -0.3 is 10.6 Å². The number of carbonyl (C=O) groups is 1. The predicted molar refractivity (Wildman–Crippen MR) is 104 cm³/mol. The highest BCUT2D eigenvalue weighted by Crippen LogP contribution is 2.23. The number of carbonyl (C=O) groups excluding carboxylic acids is 1. The Balaban J connectivity index is 1.70. The lowest BCUT2D eigenvalue weighted by Gasteiger charge is -2.33. The second-order valence-corrected chi connectivity index (χ2v) is 9.46. The molecule has 0 aliphatic carbocycles. The zero-order valence-corrected chi connectivity index (χ0v) is 16.2. The lowest BCUT2D eigenvalue weighted by atomic mass is 9.90. The number of likely N-dealkylation sites (tertiary alicyclic amines) is 1. The molecule has 140 valence electrons. The number of thiophene rings is 1. The van der Waals surface area contributed by atoms with E-state index >= 15 is 0 Å². The minimum Gasteiger partial charge on any atom is -0.339 e. The van der Waals surface area contributed by atoms with E-state index in [9.17, 15) is 13.2 Å². The molecule has 1 aromatic heterocycles. The lowest BCUT2D eigenvalue weighted by molar-refractivity contribution is 0.0681. The predicted octanol–water partition coefficient (Wildman–Crippen LogP) is 2.75. The average Bonchev–Trinajstić information content (AvgIpc) is 3.17. The molecule has 8 heteroatoms. The average molecular weight is 394 g/mol. The monoisotopic (exact) mass is 393 g/mol. The molecule has 1 aromatic carbocycles. The summed E-state index contributed by atoms with van der Waals surface area (Å²) in [7, 11) is -3.62. The van der Waals surface area contributed by atoms with E-state index in [4.69, 9.17) is 5.73 Å². The third-order valence-corrected chi connectivity index (χ3v) is 7.47. The van der Waals surface area contributed by atoms with Crippen LogP contribution in [0, 0.1) is 5.92 Å². The molecule has 1 saturated heterocycles. The van der Waals surface area contributed by atoms with Gasteiger partial charge in [0.05, 0.1) is 0 Å². The van der Waals surface area contributed by atoms with Gasteiger partial charge in [-0.2, -0.15) is 0 Å². The smallest absolute Gasteiger partial charge is 0.271 e. The van der Waals surface area contributed by atoms with Crippen molar-refractivity contribution >= 4 is 33.0 Å². The van der Waals surface area contributed by atoms with Crippen molar-refractivity contribution < 1.29 is 13.2 Å². The molecule has 0 spiro atoms. The van der Waals surface area contributed by atoms with E-state index in [-0.39, 0.29) is 16.2 Å². The SMILES string of the molecule is CC(N)C1CCN(C(=O)c2cccc(NS(=O)(=O)c3cccs3)c2)CC1. The summed E-state index contributed by atoms with van der Waals surface area (Å²) in [4.78, 5) is 14.6. The van der Waals surface area contributed by atoms with E-state index in [1.165, 1.54) is 0 Å². The molecule has 1 aliphatic heterocycles. The van der Waals surface area contributed by atoms with Crippen LogP contribution in [0.3, 0.4) is 0 Å². The van der Waals surface area contributed by atoms with Gasteiger partial charge in [0.15, 0.2) is 0 Å². The third-order valence-electron chi connectivity index (χ3n) is 4.69. The number of benzene rings is 1. The van der Waals surface area contributed by atoms with Crippen molar-refractivity contribution in [2.45, 2.75) is 30.0 Å². The Morgan fingerprint density at radius 3 is 2.62 bits per heavy atom. The summed E-state index contributed by atoms with van der Waals surface area (Å²) in [5, 5.41) is 1.71. The van der Waals surface area contributed by atoms with Crippen LogP contribution >= 0.6 is 11.3 Å². The summed E-state index contributed by atoms with van der Waals surface area (Å²) in [6.45, 7) is 3.36. The van der Waals surface area contributed by atoms with E-state index in [0.29, 0.717) is 30.3 Å². The van der Waals surface area contributed by atoms with Crippen LogP contribution in [0.4, 0.5) is 5.69 Å². The topological polar surface area (TPSA) is 92.5 Å². The Kier molecular flexibility index (Phi) is 5.64. The number of hydrogen-bond donors (Lipinski definition) is 2. The number of amides is 1. The zero-order chi connectivity index (χ0) is 18.7. The van der Waals surface area contributed by atoms with Crippen LogP contribution < -0.4 is 10.5 Å². The summed E-state index contributed by atoms with van der Waals surface area (Å²) in [6, 6.07) is 10.0. The summed E-state index contributed by atoms with van der Waals surface area (Å²) in [5.74, 6) is 0.369. The molecule has 2 heterocycles. The van der Waals surface area contributed by atoms with Crippen molar-refractivity contribution in [2.75, 3.05) is 17.8 Å². The first-order valence-electron chi connectivity index (χ1n) is 8.58. The summed E-state index contributed by atoms with van der Waals surface area (Å²) < 4.78 is 27.5. The Morgan fingerprint density at radius 2 is 2.00 bits per heavy atom. The van der Waals surface area contributed by atoms with Crippen molar-refractivity contribution in [3.63, 3.8) is 0 Å². The lowest BCUT2D eigenvalue weighted by Crippen LogP contribution is -2.42. The fourth-order valence-electron chi connectivity index (χ4n) is 3.15. The molecule has 3 N–H and O–H groups in total. The van der Waals surface area contributed by atoms with Gasteiger partial charge in [0, 0.05) is 30.4 Å². The first-order chi connectivity index (χ1) is 12.4. The maximum Gasteiger partial charge on any atom is 0.271 e. The number of nitrogens with one attached hydrogen (secondary N) is 1. The molecule has 0 bridgehead atoms. The van der Waals surface area contributed by atoms with Crippen LogP contribution in [0.2, 0.25) is 0 Å². The van der Waals surface area contributed by atoms with Gasteiger partial charge in [-0.15, -0.1) is 11.3 Å². The molecule has 26 heavy (non-hydrogen) atoms. The molecule has 3 rings (SSSR count). The van der Waals surface area contributed by atoms with Crippen molar-refractivity contribution in [3.8, 4) is 0 Å². The molecule has 2 aromatic rings. The minimum absolute atomic E-state index is 0.0784. The van der Waals surface area contributed by atoms with Crippen LogP contribution in [0.5, 0.6) is 0 Å². The number of nitrogens with zero attached hydrogens (tertiary/aromatic N) is 1. The molecular formula is C18H23N3O3S2. The van der Waals surface area contributed by atoms with Crippen LogP contribution in [0.1, 0.15) is 30.1 Å². The second-order valence-electron chi connectivity index (χ2n) is 6.61. The van der Waals surface area contributed by atoms with Crippen LogP contribution in [-0.2, 0) is 10.0 Å². The second kappa shape index (κ2) is 7.77.